The average molecular weight is 435 g/mol. The summed E-state index contributed by atoms with van der Waals surface area (Å²) in [5.74, 6) is 2.91. The third-order valence-electron chi connectivity index (χ3n) is 7.28. The fourth-order valence-electron chi connectivity index (χ4n) is 5.29. The highest BCUT2D eigenvalue weighted by molar-refractivity contribution is 5.82. The molecule has 32 heavy (non-hydrogen) atoms. The Morgan fingerprint density at radius 2 is 1.75 bits per heavy atom. The number of nitrogens with zero attached hydrogens (tertiary/aromatic N) is 6. The van der Waals surface area contributed by atoms with Gasteiger partial charge in [0.25, 0.3) is 0 Å². The van der Waals surface area contributed by atoms with Gasteiger partial charge in [-0.1, -0.05) is 0 Å². The molecule has 0 unspecified atom stereocenters. The minimum atomic E-state index is -0.270. The number of ether oxygens (including phenoxy) is 1. The molecule has 6 rings (SSSR count). The lowest BCUT2D eigenvalue weighted by Gasteiger charge is -2.41. The van der Waals surface area contributed by atoms with Crippen LogP contribution in [0.1, 0.15) is 35.7 Å². The van der Waals surface area contributed by atoms with E-state index in [9.17, 15) is 5.11 Å². The molecular formula is C24H30N6O2. The third kappa shape index (κ3) is 3.46. The zero-order valence-electron chi connectivity index (χ0n) is 18.7. The number of anilines is 1. The van der Waals surface area contributed by atoms with Gasteiger partial charge in [0.15, 0.2) is 5.82 Å². The van der Waals surface area contributed by atoms with Crippen molar-refractivity contribution in [3.8, 4) is 5.82 Å². The zero-order chi connectivity index (χ0) is 21.8. The van der Waals surface area contributed by atoms with Crippen LogP contribution in [0.4, 0.5) is 5.82 Å². The molecule has 0 aliphatic carbocycles. The van der Waals surface area contributed by atoms with E-state index in [1.165, 1.54) is 24.0 Å². The van der Waals surface area contributed by atoms with E-state index in [2.05, 4.69) is 43.9 Å². The van der Waals surface area contributed by atoms with Crippen molar-refractivity contribution in [1.82, 2.24) is 24.6 Å². The maximum atomic E-state index is 9.68. The number of benzene rings is 1. The second kappa shape index (κ2) is 7.79. The number of likely N-dealkylation sites (tertiary alicyclic amines) is 1. The Morgan fingerprint density at radius 1 is 1.00 bits per heavy atom. The molecule has 0 amide bonds. The summed E-state index contributed by atoms with van der Waals surface area (Å²) in [4.78, 5) is 13.9. The SMILES string of the molecule is Cc1nc(N2CC(O)C2)cc(-n2ncc3cc(C)c(C4CCN(C5COC5)CC4)cc32)n1. The number of hydrogen-bond donors (Lipinski definition) is 1. The number of aryl methyl sites for hydroxylation is 2. The molecule has 2 aromatic heterocycles. The minimum absolute atomic E-state index is 0.270. The number of hydrogen-bond acceptors (Lipinski definition) is 7. The maximum absolute atomic E-state index is 9.68. The summed E-state index contributed by atoms with van der Waals surface area (Å²) in [7, 11) is 0. The molecule has 5 heterocycles. The third-order valence-corrected chi connectivity index (χ3v) is 7.28. The monoisotopic (exact) mass is 434 g/mol. The van der Waals surface area contributed by atoms with Crippen molar-refractivity contribution in [3.63, 3.8) is 0 Å². The summed E-state index contributed by atoms with van der Waals surface area (Å²) >= 11 is 0. The highest BCUT2D eigenvalue weighted by atomic mass is 16.5. The highest BCUT2D eigenvalue weighted by Gasteiger charge is 2.31. The number of rotatable bonds is 4. The minimum Gasteiger partial charge on any atom is -0.389 e. The highest BCUT2D eigenvalue weighted by Crippen LogP contribution is 2.34. The van der Waals surface area contributed by atoms with Crippen molar-refractivity contribution in [1.29, 1.82) is 0 Å². The molecule has 3 aliphatic rings. The van der Waals surface area contributed by atoms with E-state index < -0.39 is 0 Å². The van der Waals surface area contributed by atoms with Gasteiger partial charge in [0.1, 0.15) is 11.6 Å². The quantitative estimate of drug-likeness (QED) is 0.674. The fourth-order valence-corrected chi connectivity index (χ4v) is 5.29. The van der Waals surface area contributed by atoms with Crippen LogP contribution in [0.15, 0.2) is 24.4 Å². The van der Waals surface area contributed by atoms with Gasteiger partial charge in [-0.2, -0.15) is 5.10 Å². The lowest BCUT2D eigenvalue weighted by Crippen LogP contribution is -2.51. The van der Waals surface area contributed by atoms with E-state index >= 15 is 0 Å². The second-order valence-electron chi connectivity index (χ2n) is 9.52. The largest absolute Gasteiger partial charge is 0.389 e. The van der Waals surface area contributed by atoms with Crippen LogP contribution in [0.3, 0.4) is 0 Å². The van der Waals surface area contributed by atoms with Gasteiger partial charge in [0.05, 0.1) is 37.1 Å². The van der Waals surface area contributed by atoms with Crippen molar-refractivity contribution >= 4 is 16.7 Å². The molecule has 3 fully saturated rings. The van der Waals surface area contributed by atoms with Crippen molar-refractivity contribution in [2.24, 2.45) is 0 Å². The average Bonchev–Trinajstić information content (AvgIpc) is 3.12. The van der Waals surface area contributed by atoms with Gasteiger partial charge < -0.3 is 14.7 Å². The molecule has 0 bridgehead atoms. The summed E-state index contributed by atoms with van der Waals surface area (Å²) in [5.41, 5.74) is 3.87. The Balaban J connectivity index is 1.31. The molecular weight excluding hydrogens is 404 g/mol. The number of aliphatic hydroxyl groups excluding tert-OH is 1. The van der Waals surface area contributed by atoms with Crippen molar-refractivity contribution < 1.29 is 9.84 Å². The first kappa shape index (κ1) is 20.1. The molecule has 168 valence electrons. The number of piperidine rings is 1. The molecule has 0 radical (unpaired) electrons. The summed E-state index contributed by atoms with van der Waals surface area (Å²) in [6, 6.07) is 7.20. The second-order valence-corrected chi connectivity index (χ2v) is 9.52. The number of aromatic nitrogens is 4. The van der Waals surface area contributed by atoms with Crippen LogP contribution in [0, 0.1) is 13.8 Å². The molecule has 8 heteroatoms. The van der Waals surface area contributed by atoms with Gasteiger partial charge in [-0.25, -0.2) is 14.6 Å². The van der Waals surface area contributed by atoms with E-state index in [0.29, 0.717) is 30.9 Å². The molecule has 8 nitrogen and oxygen atoms in total. The predicted octanol–water partition coefficient (Wildman–Crippen LogP) is 2.19. The number of aliphatic hydroxyl groups is 1. The van der Waals surface area contributed by atoms with Crippen LogP contribution in [0.25, 0.3) is 16.7 Å². The first-order valence-electron chi connectivity index (χ1n) is 11.6. The van der Waals surface area contributed by atoms with Gasteiger partial charge in [-0.15, -0.1) is 0 Å². The van der Waals surface area contributed by atoms with Crippen molar-refractivity contribution in [2.45, 2.75) is 44.8 Å². The molecule has 1 N–H and O–H groups in total. The predicted molar refractivity (Wildman–Crippen MR) is 123 cm³/mol. The first-order chi connectivity index (χ1) is 15.5. The summed E-state index contributed by atoms with van der Waals surface area (Å²) in [6.45, 7) is 9.44. The molecule has 0 spiro atoms. The Morgan fingerprint density at radius 3 is 2.44 bits per heavy atom. The molecule has 0 saturated carbocycles. The molecule has 3 aliphatic heterocycles. The van der Waals surface area contributed by atoms with Crippen LogP contribution in [0.5, 0.6) is 0 Å². The number of fused-ring (bicyclic) bond motifs is 1. The van der Waals surface area contributed by atoms with Crippen LogP contribution < -0.4 is 4.90 Å². The van der Waals surface area contributed by atoms with Crippen LogP contribution in [-0.4, -0.2) is 81.3 Å². The Bertz CT molecular complexity index is 1140. The summed E-state index contributed by atoms with van der Waals surface area (Å²) in [5, 5.41) is 15.5. The van der Waals surface area contributed by atoms with E-state index in [1.807, 2.05) is 23.9 Å². The normalized spacial score (nSPS) is 21.2. The van der Waals surface area contributed by atoms with E-state index in [4.69, 9.17) is 4.74 Å². The van der Waals surface area contributed by atoms with E-state index in [1.54, 1.807) is 0 Å². The van der Waals surface area contributed by atoms with Gasteiger partial charge in [-0.05, 0) is 69.0 Å². The molecule has 1 aromatic carbocycles. The standard InChI is InChI=1S/C24H30N6O2/c1-15-7-18-10-25-30(24-9-23(26-16(2)27-24)29-11-20(31)12-29)22(18)8-21(15)17-3-5-28(6-4-17)19-13-32-14-19/h7-10,17,19-20,31H,3-6,11-14H2,1-2H3. The summed E-state index contributed by atoms with van der Waals surface area (Å²) in [6.07, 6.45) is 4.03. The molecule has 3 saturated heterocycles. The van der Waals surface area contributed by atoms with Crippen molar-refractivity contribution in [3.05, 3.63) is 41.3 Å². The topological polar surface area (TPSA) is 79.5 Å². The molecule has 3 aromatic rings. The smallest absolute Gasteiger partial charge is 0.159 e. The fraction of sp³-hybridized carbons (Fsp3) is 0.542. The van der Waals surface area contributed by atoms with Crippen LogP contribution in [-0.2, 0) is 4.74 Å². The number of β-amino-alcohol motifs (C(OH)–C–C–N with tert-alkyl or cyclic N) is 1. The lowest BCUT2D eigenvalue weighted by molar-refractivity contribution is -0.0712. The van der Waals surface area contributed by atoms with Gasteiger partial charge in [0, 0.05) is 24.5 Å². The first-order valence-corrected chi connectivity index (χ1v) is 11.6. The van der Waals surface area contributed by atoms with Crippen molar-refractivity contribution in [2.75, 3.05) is 44.3 Å². The maximum Gasteiger partial charge on any atom is 0.159 e. The summed E-state index contributed by atoms with van der Waals surface area (Å²) < 4.78 is 7.32. The zero-order valence-corrected chi connectivity index (χ0v) is 18.7. The Labute approximate surface area is 187 Å². The van der Waals surface area contributed by atoms with E-state index in [0.717, 1.165) is 48.8 Å². The lowest BCUT2D eigenvalue weighted by atomic mass is 9.85. The Hall–Kier alpha value is -2.55. The van der Waals surface area contributed by atoms with E-state index in [-0.39, 0.29) is 6.10 Å². The van der Waals surface area contributed by atoms with Crippen LogP contribution >= 0.6 is 0 Å². The van der Waals surface area contributed by atoms with Crippen LogP contribution in [0.2, 0.25) is 0 Å². The van der Waals surface area contributed by atoms with Gasteiger partial charge in [0.2, 0.25) is 0 Å². The van der Waals surface area contributed by atoms with Gasteiger partial charge >= 0.3 is 0 Å². The van der Waals surface area contributed by atoms with Gasteiger partial charge in [-0.3, -0.25) is 4.90 Å². The molecule has 0 atom stereocenters. The Kier molecular flexibility index (Phi) is 4.89.